The fourth-order valence-electron chi connectivity index (χ4n) is 1.59. The van der Waals surface area contributed by atoms with Gasteiger partial charge in [-0.3, -0.25) is 0 Å². The van der Waals surface area contributed by atoms with Crippen molar-refractivity contribution in [3.8, 4) is 0 Å². The van der Waals surface area contributed by atoms with E-state index in [1.54, 1.807) is 0 Å². The highest BCUT2D eigenvalue weighted by molar-refractivity contribution is 5.12. The molecule has 0 N–H and O–H groups in total. The van der Waals surface area contributed by atoms with Crippen molar-refractivity contribution in [2.45, 2.75) is 53.9 Å². The molecule has 0 aliphatic rings. The van der Waals surface area contributed by atoms with Crippen LogP contribution in [0.3, 0.4) is 0 Å². The van der Waals surface area contributed by atoms with Crippen LogP contribution in [-0.4, -0.2) is 0 Å². The monoisotopic (exact) mass is 212 g/mol. The predicted octanol–water partition coefficient (Wildman–Crippen LogP) is 5.27. The van der Waals surface area contributed by atoms with Gasteiger partial charge in [-0.15, -0.1) is 0 Å². The maximum atomic E-state index is 12.8. The molecule has 2 atom stereocenters. The van der Waals surface area contributed by atoms with Gasteiger partial charge in [-0.2, -0.15) is 0 Å². The highest BCUT2D eigenvalue weighted by Crippen LogP contribution is 2.24. The summed E-state index contributed by atoms with van der Waals surface area (Å²) in [6, 6.07) is 0. The minimum atomic E-state index is -0.203. The second kappa shape index (κ2) is 6.81. The Hall–Kier alpha value is -0.590. The van der Waals surface area contributed by atoms with E-state index in [1.807, 2.05) is 6.92 Å². The number of allylic oxidation sites excluding steroid dienone is 3. The molecule has 0 aromatic rings. The van der Waals surface area contributed by atoms with Gasteiger partial charge >= 0.3 is 0 Å². The highest BCUT2D eigenvalue weighted by atomic mass is 19.1. The summed E-state index contributed by atoms with van der Waals surface area (Å²) in [5.74, 6) is 0.478. The van der Waals surface area contributed by atoms with Crippen molar-refractivity contribution in [1.29, 1.82) is 0 Å². The molecule has 0 aromatic carbocycles. The lowest BCUT2D eigenvalue weighted by molar-refractivity contribution is 0.488. The Balaban J connectivity index is 4.31. The third-order valence-corrected chi connectivity index (χ3v) is 3.23. The zero-order chi connectivity index (χ0) is 12.0. The molecule has 0 nitrogen and oxygen atoms in total. The number of hydrogen-bond donors (Lipinski definition) is 0. The fourth-order valence-corrected chi connectivity index (χ4v) is 1.59. The Bertz CT molecular complexity index is 238. The van der Waals surface area contributed by atoms with Crippen LogP contribution in [0.25, 0.3) is 0 Å². The molecule has 0 fully saturated rings. The molecule has 1 heteroatoms. The largest absolute Gasteiger partial charge is 0.212 e. The van der Waals surface area contributed by atoms with E-state index in [0.717, 1.165) is 18.8 Å². The zero-order valence-corrected chi connectivity index (χ0v) is 10.9. The van der Waals surface area contributed by atoms with Gasteiger partial charge in [0.25, 0.3) is 0 Å². The van der Waals surface area contributed by atoms with Gasteiger partial charge in [0, 0.05) is 5.92 Å². The van der Waals surface area contributed by atoms with E-state index >= 15 is 0 Å². The quantitative estimate of drug-likeness (QED) is 0.526. The molecule has 0 aliphatic heterocycles. The van der Waals surface area contributed by atoms with Crippen LogP contribution in [0, 0.1) is 11.8 Å². The maximum absolute atomic E-state index is 12.8. The normalized spacial score (nSPS) is 16.9. The predicted molar refractivity (Wildman–Crippen MR) is 66.5 cm³/mol. The lowest BCUT2D eigenvalue weighted by Crippen LogP contribution is -2.00. The molecule has 88 valence electrons. The van der Waals surface area contributed by atoms with E-state index in [9.17, 15) is 4.39 Å². The Morgan fingerprint density at radius 1 is 1.13 bits per heavy atom. The van der Waals surface area contributed by atoms with Crippen molar-refractivity contribution in [1.82, 2.24) is 0 Å². The van der Waals surface area contributed by atoms with E-state index in [1.165, 1.54) is 17.6 Å². The first-order chi connectivity index (χ1) is 6.88. The average molecular weight is 212 g/mol. The van der Waals surface area contributed by atoms with Crippen LogP contribution >= 0.6 is 0 Å². The molecule has 0 saturated heterocycles. The van der Waals surface area contributed by atoms with Crippen LogP contribution < -0.4 is 0 Å². The van der Waals surface area contributed by atoms with Gasteiger partial charge in [-0.25, -0.2) is 4.39 Å². The van der Waals surface area contributed by atoms with Crippen molar-refractivity contribution in [3.05, 3.63) is 23.6 Å². The van der Waals surface area contributed by atoms with E-state index in [4.69, 9.17) is 0 Å². The third-order valence-electron chi connectivity index (χ3n) is 3.23. The molecular weight excluding hydrogens is 187 g/mol. The summed E-state index contributed by atoms with van der Waals surface area (Å²) in [7, 11) is 0. The van der Waals surface area contributed by atoms with Crippen LogP contribution in [0.4, 0.5) is 4.39 Å². The second-order valence-electron chi connectivity index (χ2n) is 4.83. The highest BCUT2D eigenvalue weighted by Gasteiger charge is 2.09. The van der Waals surface area contributed by atoms with Gasteiger partial charge < -0.3 is 0 Å². The van der Waals surface area contributed by atoms with Crippen LogP contribution in [0.5, 0.6) is 0 Å². The lowest BCUT2D eigenvalue weighted by Gasteiger charge is -2.14. The van der Waals surface area contributed by atoms with Gasteiger partial charge in [0.2, 0.25) is 0 Å². The van der Waals surface area contributed by atoms with E-state index in [2.05, 4.69) is 34.3 Å². The summed E-state index contributed by atoms with van der Waals surface area (Å²) >= 11 is 0. The summed E-state index contributed by atoms with van der Waals surface area (Å²) in [6.07, 6.45) is 3.14. The molecule has 0 spiro atoms. The molecule has 0 aliphatic carbocycles. The van der Waals surface area contributed by atoms with Crippen LogP contribution in [0.1, 0.15) is 53.9 Å². The SMILES string of the molecule is C=C(F)C(C)C/C(C)=C(\C)CC(C)CC. The number of halogens is 1. The third kappa shape index (κ3) is 5.76. The standard InChI is InChI=1S/C14H25F/c1-7-10(2)8-11(3)12(4)9-13(5)14(6)15/h10,13H,6-9H2,1-5H3/b12-11+. The first-order valence-electron chi connectivity index (χ1n) is 5.87. The zero-order valence-electron chi connectivity index (χ0n) is 10.9. The van der Waals surface area contributed by atoms with E-state index in [-0.39, 0.29) is 11.7 Å². The van der Waals surface area contributed by atoms with Gasteiger partial charge in [-0.05, 0) is 32.6 Å². The van der Waals surface area contributed by atoms with Crippen molar-refractivity contribution < 1.29 is 4.39 Å². The van der Waals surface area contributed by atoms with Gasteiger partial charge in [-0.1, -0.05) is 44.9 Å². The molecule has 0 heterocycles. The van der Waals surface area contributed by atoms with Gasteiger partial charge in [0.15, 0.2) is 0 Å². The van der Waals surface area contributed by atoms with Crippen LogP contribution in [0.2, 0.25) is 0 Å². The smallest absolute Gasteiger partial charge is 0.0959 e. The molecule has 0 rings (SSSR count). The topological polar surface area (TPSA) is 0 Å². The first-order valence-corrected chi connectivity index (χ1v) is 5.87. The molecule has 2 unspecified atom stereocenters. The van der Waals surface area contributed by atoms with Crippen molar-refractivity contribution >= 4 is 0 Å². The van der Waals surface area contributed by atoms with Crippen LogP contribution in [0.15, 0.2) is 23.6 Å². The molecule has 0 amide bonds. The maximum Gasteiger partial charge on any atom is 0.0959 e. The summed E-state index contributed by atoms with van der Waals surface area (Å²) in [5.41, 5.74) is 2.74. The van der Waals surface area contributed by atoms with Crippen molar-refractivity contribution in [2.24, 2.45) is 11.8 Å². The molecule has 15 heavy (non-hydrogen) atoms. The molecule has 0 bridgehead atoms. The van der Waals surface area contributed by atoms with Crippen molar-refractivity contribution in [3.63, 3.8) is 0 Å². The Labute approximate surface area is 94.3 Å². The summed E-state index contributed by atoms with van der Waals surface area (Å²) < 4.78 is 12.8. The molecular formula is C14H25F. The number of hydrogen-bond acceptors (Lipinski definition) is 0. The van der Waals surface area contributed by atoms with Crippen molar-refractivity contribution in [2.75, 3.05) is 0 Å². The molecule has 0 saturated carbocycles. The average Bonchev–Trinajstić information content (AvgIpc) is 2.16. The minimum Gasteiger partial charge on any atom is -0.212 e. The second-order valence-corrected chi connectivity index (χ2v) is 4.83. The Morgan fingerprint density at radius 3 is 2.00 bits per heavy atom. The van der Waals surface area contributed by atoms with Gasteiger partial charge in [0.05, 0.1) is 5.83 Å². The Morgan fingerprint density at radius 2 is 1.60 bits per heavy atom. The molecule has 0 radical (unpaired) electrons. The number of rotatable bonds is 6. The van der Waals surface area contributed by atoms with E-state index < -0.39 is 0 Å². The minimum absolute atomic E-state index is 0.0446. The summed E-state index contributed by atoms with van der Waals surface area (Å²) in [5, 5.41) is 0. The summed E-state index contributed by atoms with van der Waals surface area (Å²) in [6.45, 7) is 14.0. The molecule has 0 aromatic heterocycles. The lowest BCUT2D eigenvalue weighted by atomic mass is 9.92. The fraction of sp³-hybridized carbons (Fsp3) is 0.714. The van der Waals surface area contributed by atoms with Gasteiger partial charge in [0.1, 0.15) is 0 Å². The first kappa shape index (κ1) is 14.4. The van der Waals surface area contributed by atoms with Crippen LogP contribution in [-0.2, 0) is 0 Å². The van der Waals surface area contributed by atoms with E-state index in [0.29, 0.717) is 0 Å². The Kier molecular flexibility index (Phi) is 6.55. The summed E-state index contributed by atoms with van der Waals surface area (Å²) in [4.78, 5) is 0.